The minimum absolute atomic E-state index is 0.433. The summed E-state index contributed by atoms with van der Waals surface area (Å²) in [6.07, 6.45) is 0. The molecule has 0 aliphatic heterocycles. The minimum atomic E-state index is 0.433. The second-order valence-electron chi connectivity index (χ2n) is 0.963. The van der Waals surface area contributed by atoms with Crippen LogP contribution < -0.4 is 0 Å². The molecule has 0 N–H and O–H groups in total. The van der Waals surface area contributed by atoms with Gasteiger partial charge < -0.3 is 0 Å². The van der Waals surface area contributed by atoms with Crippen LogP contribution in [0.1, 0.15) is 0 Å². The SMILES string of the molecule is CON(C)C(=S)S. The Balaban J connectivity index is 3.34. The Morgan fingerprint density at radius 2 is 2.29 bits per heavy atom. The summed E-state index contributed by atoms with van der Waals surface area (Å²) >= 11 is 8.39. The van der Waals surface area contributed by atoms with Gasteiger partial charge in [0.2, 0.25) is 0 Å². The first-order valence-electron chi connectivity index (χ1n) is 1.69. The van der Waals surface area contributed by atoms with Crippen molar-refractivity contribution in [1.29, 1.82) is 0 Å². The first-order chi connectivity index (χ1) is 3.18. The maximum atomic E-state index is 4.63. The molecule has 0 amide bonds. The Kier molecular flexibility index (Phi) is 3.33. The summed E-state index contributed by atoms with van der Waals surface area (Å²) in [5, 5.41) is 1.39. The molecule has 7 heavy (non-hydrogen) atoms. The Labute approximate surface area is 53.8 Å². The first-order valence-corrected chi connectivity index (χ1v) is 2.54. The van der Waals surface area contributed by atoms with Crippen molar-refractivity contribution in [2.45, 2.75) is 0 Å². The molecule has 0 heterocycles. The predicted molar refractivity (Wildman–Crippen MR) is 36.4 cm³/mol. The molecular weight excluding hydrogens is 130 g/mol. The van der Waals surface area contributed by atoms with E-state index in [9.17, 15) is 0 Å². The zero-order valence-corrected chi connectivity index (χ0v) is 5.92. The lowest BCUT2D eigenvalue weighted by Gasteiger charge is -2.10. The van der Waals surface area contributed by atoms with E-state index < -0.39 is 0 Å². The minimum Gasteiger partial charge on any atom is -0.276 e. The lowest BCUT2D eigenvalue weighted by atomic mass is 11.2. The first kappa shape index (κ1) is 7.20. The Morgan fingerprint density at radius 1 is 1.86 bits per heavy atom. The molecule has 42 valence electrons. The predicted octanol–water partition coefficient (Wildman–Crippen LogP) is 0.694. The van der Waals surface area contributed by atoms with Crippen molar-refractivity contribution in [2.24, 2.45) is 0 Å². The Bertz CT molecular complexity index is 75.3. The highest BCUT2D eigenvalue weighted by Gasteiger charge is 1.91. The Morgan fingerprint density at radius 3 is 2.29 bits per heavy atom. The van der Waals surface area contributed by atoms with Crippen molar-refractivity contribution in [2.75, 3.05) is 14.2 Å². The number of thiol groups is 1. The van der Waals surface area contributed by atoms with Crippen molar-refractivity contribution in [3.05, 3.63) is 0 Å². The second kappa shape index (κ2) is 3.23. The van der Waals surface area contributed by atoms with Crippen LogP contribution in [0.4, 0.5) is 0 Å². The van der Waals surface area contributed by atoms with Gasteiger partial charge in [0.1, 0.15) is 0 Å². The van der Waals surface area contributed by atoms with Gasteiger partial charge in [-0.15, -0.1) is 12.6 Å². The molecule has 0 aliphatic carbocycles. The fraction of sp³-hybridized carbons (Fsp3) is 0.667. The zero-order valence-electron chi connectivity index (χ0n) is 4.21. The monoisotopic (exact) mass is 137 g/mol. The summed E-state index contributed by atoms with van der Waals surface area (Å²) in [6.45, 7) is 0. The number of hydroxylamine groups is 2. The average Bonchev–Trinajstić information content (AvgIpc) is 1.65. The zero-order chi connectivity index (χ0) is 5.86. The van der Waals surface area contributed by atoms with Gasteiger partial charge in [-0.1, -0.05) is 12.2 Å². The highest BCUT2D eigenvalue weighted by Crippen LogP contribution is 1.89. The summed E-state index contributed by atoms with van der Waals surface area (Å²) in [5.74, 6) is 0. The third-order valence-electron chi connectivity index (χ3n) is 0.543. The van der Waals surface area contributed by atoms with Crippen molar-refractivity contribution < 1.29 is 4.84 Å². The van der Waals surface area contributed by atoms with Gasteiger partial charge in [0.15, 0.2) is 4.32 Å². The molecule has 0 aromatic heterocycles. The van der Waals surface area contributed by atoms with E-state index in [0.717, 1.165) is 0 Å². The molecule has 0 rings (SSSR count). The summed E-state index contributed by atoms with van der Waals surface area (Å²) in [4.78, 5) is 4.63. The van der Waals surface area contributed by atoms with Gasteiger partial charge in [0.25, 0.3) is 0 Å². The van der Waals surface area contributed by atoms with Gasteiger partial charge in [-0.05, 0) is 0 Å². The highest BCUT2D eigenvalue weighted by atomic mass is 32.1. The van der Waals surface area contributed by atoms with E-state index in [-0.39, 0.29) is 0 Å². The van der Waals surface area contributed by atoms with Gasteiger partial charge in [-0.25, -0.2) is 5.06 Å². The Hall–Kier alpha value is 0.200. The third kappa shape index (κ3) is 2.85. The highest BCUT2D eigenvalue weighted by molar-refractivity contribution is 8.10. The fourth-order valence-electron chi connectivity index (χ4n) is 0.0781. The van der Waals surface area contributed by atoms with Crippen LogP contribution in [0.2, 0.25) is 0 Å². The van der Waals surface area contributed by atoms with Crippen LogP contribution in [0.5, 0.6) is 0 Å². The molecule has 0 radical (unpaired) electrons. The lowest BCUT2D eigenvalue weighted by Crippen LogP contribution is -2.18. The van der Waals surface area contributed by atoms with Gasteiger partial charge in [0, 0.05) is 7.05 Å². The molecule has 0 fully saturated rings. The van der Waals surface area contributed by atoms with Gasteiger partial charge in [-0.3, -0.25) is 4.84 Å². The van der Waals surface area contributed by atoms with E-state index in [4.69, 9.17) is 0 Å². The average molecular weight is 137 g/mol. The number of hydrogen-bond acceptors (Lipinski definition) is 2. The summed E-state index contributed by atoms with van der Waals surface area (Å²) in [5.41, 5.74) is 0. The molecule has 0 spiro atoms. The molecule has 0 bridgehead atoms. The van der Waals surface area contributed by atoms with E-state index in [1.807, 2.05) is 0 Å². The molecular formula is C3H7NOS2. The molecule has 0 aromatic rings. The van der Waals surface area contributed by atoms with E-state index in [1.165, 1.54) is 12.2 Å². The summed E-state index contributed by atoms with van der Waals surface area (Å²) in [7, 11) is 3.22. The van der Waals surface area contributed by atoms with Crippen molar-refractivity contribution in [3.63, 3.8) is 0 Å². The van der Waals surface area contributed by atoms with Gasteiger partial charge >= 0.3 is 0 Å². The van der Waals surface area contributed by atoms with E-state index >= 15 is 0 Å². The number of thiocarbonyl (C=S) groups is 1. The third-order valence-corrected chi connectivity index (χ3v) is 1.08. The van der Waals surface area contributed by atoms with Crippen LogP contribution >= 0.6 is 24.8 Å². The molecule has 0 saturated carbocycles. The largest absolute Gasteiger partial charge is 0.276 e. The van der Waals surface area contributed by atoms with Gasteiger partial charge in [0.05, 0.1) is 7.11 Å². The molecule has 0 aromatic carbocycles. The lowest BCUT2D eigenvalue weighted by molar-refractivity contribution is -0.0358. The number of rotatable bonds is 1. The van der Waals surface area contributed by atoms with Crippen LogP contribution in [-0.2, 0) is 4.84 Å². The molecule has 0 saturated heterocycles. The van der Waals surface area contributed by atoms with Crippen LogP contribution in [0, 0.1) is 0 Å². The van der Waals surface area contributed by atoms with Gasteiger partial charge in [-0.2, -0.15) is 0 Å². The molecule has 0 unspecified atom stereocenters. The molecule has 4 heteroatoms. The quantitative estimate of drug-likeness (QED) is 0.324. The summed E-state index contributed by atoms with van der Waals surface area (Å²) < 4.78 is 0.433. The normalized spacial score (nSPS) is 8.43. The van der Waals surface area contributed by atoms with Crippen molar-refractivity contribution in [3.8, 4) is 0 Å². The van der Waals surface area contributed by atoms with Crippen LogP contribution in [0.15, 0.2) is 0 Å². The topological polar surface area (TPSA) is 12.5 Å². The molecule has 0 aliphatic rings. The smallest absolute Gasteiger partial charge is 0.156 e. The maximum absolute atomic E-state index is 4.63. The standard InChI is InChI=1S/C3H7NOS2/c1-4(5-2)3(6)7/h1-2H3,(H,6,7). The molecule has 0 atom stereocenters. The van der Waals surface area contributed by atoms with E-state index in [1.54, 1.807) is 7.05 Å². The molecule has 2 nitrogen and oxygen atoms in total. The summed E-state index contributed by atoms with van der Waals surface area (Å²) in [6, 6.07) is 0. The second-order valence-corrected chi connectivity index (χ2v) is 2.08. The maximum Gasteiger partial charge on any atom is 0.156 e. The van der Waals surface area contributed by atoms with Crippen molar-refractivity contribution in [1.82, 2.24) is 5.06 Å². The number of nitrogens with zero attached hydrogens (tertiary/aromatic N) is 1. The van der Waals surface area contributed by atoms with Crippen LogP contribution in [0.25, 0.3) is 0 Å². The van der Waals surface area contributed by atoms with Crippen molar-refractivity contribution >= 4 is 29.2 Å². The fourth-order valence-corrected chi connectivity index (χ4v) is 0.234. The van der Waals surface area contributed by atoms with E-state index in [2.05, 4.69) is 29.7 Å². The van der Waals surface area contributed by atoms with Crippen LogP contribution in [-0.4, -0.2) is 23.5 Å². The number of hydrogen-bond donors (Lipinski definition) is 1. The van der Waals surface area contributed by atoms with Crippen LogP contribution in [0.3, 0.4) is 0 Å². The van der Waals surface area contributed by atoms with E-state index in [0.29, 0.717) is 4.32 Å².